The summed E-state index contributed by atoms with van der Waals surface area (Å²) in [6.07, 6.45) is 2.55. The van der Waals surface area contributed by atoms with Crippen molar-refractivity contribution in [2.75, 3.05) is 26.9 Å². The van der Waals surface area contributed by atoms with E-state index >= 15 is 0 Å². The molecule has 1 aliphatic rings. The molecule has 6 nitrogen and oxygen atoms in total. The third-order valence-electron chi connectivity index (χ3n) is 3.92. The van der Waals surface area contributed by atoms with E-state index in [1.54, 1.807) is 7.11 Å². The van der Waals surface area contributed by atoms with Crippen LogP contribution in [0.15, 0.2) is 16.6 Å². The Hall–Kier alpha value is -1.31. The Labute approximate surface area is 164 Å². The lowest BCUT2D eigenvalue weighted by Crippen LogP contribution is -2.43. The summed E-state index contributed by atoms with van der Waals surface area (Å²) < 4.78 is 17.6. The van der Waals surface area contributed by atoms with Gasteiger partial charge in [-0.3, -0.25) is 4.79 Å². The molecule has 0 saturated carbocycles. The van der Waals surface area contributed by atoms with E-state index in [-0.39, 0.29) is 18.1 Å². The fraction of sp³-hybridized carbons (Fsp3) is 0.632. The molecule has 1 atom stereocenters. The Morgan fingerprint density at radius 2 is 2.12 bits per heavy atom. The molecule has 0 spiro atoms. The molecule has 1 unspecified atom stereocenters. The summed E-state index contributed by atoms with van der Waals surface area (Å²) in [5, 5.41) is 6.28. The summed E-state index contributed by atoms with van der Waals surface area (Å²) in [6, 6.07) is 3.76. The van der Waals surface area contributed by atoms with Crippen LogP contribution in [0.4, 0.5) is 0 Å². The normalized spacial score (nSPS) is 17.2. The fourth-order valence-electron chi connectivity index (χ4n) is 2.76. The molecule has 1 aromatic carbocycles. The highest BCUT2D eigenvalue weighted by Crippen LogP contribution is 2.33. The van der Waals surface area contributed by atoms with Crippen molar-refractivity contribution in [2.45, 2.75) is 51.8 Å². The van der Waals surface area contributed by atoms with Gasteiger partial charge < -0.3 is 24.8 Å². The van der Waals surface area contributed by atoms with E-state index in [0.29, 0.717) is 24.1 Å². The summed E-state index contributed by atoms with van der Waals surface area (Å²) in [5.41, 5.74) is 0.773. The lowest BCUT2D eigenvalue weighted by molar-refractivity contribution is -0.124. The molecule has 2 rings (SSSR count). The summed E-state index contributed by atoms with van der Waals surface area (Å²) in [5.74, 6) is 0.968. The lowest BCUT2D eigenvalue weighted by atomic mass is 10.1. The van der Waals surface area contributed by atoms with Crippen LogP contribution in [-0.2, 0) is 16.1 Å². The van der Waals surface area contributed by atoms with Crippen molar-refractivity contribution < 1.29 is 19.0 Å². The van der Waals surface area contributed by atoms with Crippen LogP contribution in [0, 0.1) is 0 Å². The fourth-order valence-corrected chi connectivity index (χ4v) is 3.22. The Kier molecular flexibility index (Phi) is 7.73. The van der Waals surface area contributed by atoms with Crippen LogP contribution in [0.25, 0.3) is 0 Å². The first-order chi connectivity index (χ1) is 12.3. The second-order valence-electron chi connectivity index (χ2n) is 7.45. The van der Waals surface area contributed by atoms with Crippen molar-refractivity contribution in [1.82, 2.24) is 10.6 Å². The molecule has 26 heavy (non-hydrogen) atoms. The Morgan fingerprint density at radius 3 is 2.73 bits per heavy atom. The number of nitrogens with one attached hydrogen (secondary N) is 2. The second kappa shape index (κ2) is 9.58. The number of ether oxygens (including phenoxy) is 3. The number of carbonyl (C=O) groups is 1. The number of benzene rings is 1. The number of amides is 1. The zero-order valence-corrected chi connectivity index (χ0v) is 17.6. The lowest BCUT2D eigenvalue weighted by Gasteiger charge is -2.21. The minimum absolute atomic E-state index is 0.0588. The molecule has 1 heterocycles. The molecule has 1 aliphatic heterocycles. The van der Waals surface area contributed by atoms with Crippen molar-refractivity contribution in [2.24, 2.45) is 0 Å². The third-order valence-corrected chi connectivity index (χ3v) is 4.66. The van der Waals surface area contributed by atoms with Gasteiger partial charge in [-0.05, 0) is 51.3 Å². The van der Waals surface area contributed by atoms with Crippen LogP contribution in [-0.4, -0.2) is 44.4 Å². The predicted octanol–water partition coefficient (Wildman–Crippen LogP) is 3.02. The summed E-state index contributed by atoms with van der Waals surface area (Å²) in [6.45, 7) is 8.12. The SMILES string of the molecule is COc1cc(CNCC2CCCO2)c(Br)cc1OCC(=O)NC(C)(C)C. The van der Waals surface area contributed by atoms with Gasteiger partial charge in [0, 0.05) is 29.7 Å². The van der Waals surface area contributed by atoms with Gasteiger partial charge in [-0.2, -0.15) is 0 Å². The zero-order valence-electron chi connectivity index (χ0n) is 16.0. The topological polar surface area (TPSA) is 68.8 Å². The molecular formula is C19H29BrN2O4. The van der Waals surface area contributed by atoms with Gasteiger partial charge in [0.25, 0.3) is 5.91 Å². The van der Waals surface area contributed by atoms with E-state index in [9.17, 15) is 4.79 Å². The Morgan fingerprint density at radius 1 is 1.35 bits per heavy atom. The van der Waals surface area contributed by atoms with Gasteiger partial charge in [-0.25, -0.2) is 0 Å². The van der Waals surface area contributed by atoms with Crippen LogP contribution < -0.4 is 20.1 Å². The Balaban J connectivity index is 1.93. The highest BCUT2D eigenvalue weighted by atomic mass is 79.9. The van der Waals surface area contributed by atoms with Gasteiger partial charge in [0.2, 0.25) is 0 Å². The molecule has 1 saturated heterocycles. The first-order valence-electron chi connectivity index (χ1n) is 8.91. The number of carbonyl (C=O) groups excluding carboxylic acids is 1. The average Bonchev–Trinajstić information content (AvgIpc) is 3.06. The van der Waals surface area contributed by atoms with Gasteiger partial charge >= 0.3 is 0 Å². The third kappa shape index (κ3) is 6.78. The average molecular weight is 429 g/mol. The maximum atomic E-state index is 11.9. The first kappa shape index (κ1) is 21.0. The van der Waals surface area contributed by atoms with Gasteiger partial charge in [0.1, 0.15) is 0 Å². The molecular weight excluding hydrogens is 400 g/mol. The number of methoxy groups -OCH3 is 1. The van der Waals surface area contributed by atoms with Crippen molar-refractivity contribution in [3.63, 3.8) is 0 Å². The van der Waals surface area contributed by atoms with Crippen molar-refractivity contribution in [3.8, 4) is 11.5 Å². The molecule has 146 valence electrons. The van der Waals surface area contributed by atoms with Gasteiger partial charge in [0.05, 0.1) is 13.2 Å². The van der Waals surface area contributed by atoms with Crippen LogP contribution >= 0.6 is 15.9 Å². The highest BCUT2D eigenvalue weighted by Gasteiger charge is 2.17. The van der Waals surface area contributed by atoms with E-state index in [0.717, 1.165) is 36.0 Å². The largest absolute Gasteiger partial charge is 0.493 e. The van der Waals surface area contributed by atoms with Crippen LogP contribution in [0.3, 0.4) is 0 Å². The predicted molar refractivity (Wildman–Crippen MR) is 105 cm³/mol. The first-order valence-corrected chi connectivity index (χ1v) is 9.70. The smallest absolute Gasteiger partial charge is 0.258 e. The summed E-state index contributed by atoms with van der Waals surface area (Å²) >= 11 is 3.57. The van der Waals surface area contributed by atoms with E-state index in [4.69, 9.17) is 14.2 Å². The summed E-state index contributed by atoms with van der Waals surface area (Å²) in [4.78, 5) is 11.9. The van der Waals surface area contributed by atoms with Crippen LogP contribution in [0.2, 0.25) is 0 Å². The molecule has 0 aromatic heterocycles. The molecule has 1 fully saturated rings. The van der Waals surface area contributed by atoms with E-state index in [2.05, 4.69) is 26.6 Å². The Bertz CT molecular complexity index is 610. The van der Waals surface area contributed by atoms with Crippen molar-refractivity contribution >= 4 is 21.8 Å². The minimum atomic E-state index is -0.288. The van der Waals surface area contributed by atoms with Crippen LogP contribution in [0.1, 0.15) is 39.2 Å². The van der Waals surface area contributed by atoms with E-state index in [1.807, 2.05) is 32.9 Å². The second-order valence-corrected chi connectivity index (χ2v) is 8.30. The van der Waals surface area contributed by atoms with Crippen LogP contribution in [0.5, 0.6) is 11.5 Å². The molecule has 1 aromatic rings. The number of hydrogen-bond donors (Lipinski definition) is 2. The summed E-state index contributed by atoms with van der Waals surface area (Å²) in [7, 11) is 1.59. The monoisotopic (exact) mass is 428 g/mol. The van der Waals surface area contributed by atoms with E-state index < -0.39 is 0 Å². The highest BCUT2D eigenvalue weighted by molar-refractivity contribution is 9.10. The standard InChI is InChI=1S/C19H29BrN2O4/c1-19(2,3)22-18(23)12-26-17-9-15(20)13(8-16(17)24-4)10-21-11-14-6-5-7-25-14/h8-9,14,21H,5-7,10-12H2,1-4H3,(H,22,23). The van der Waals surface area contributed by atoms with E-state index in [1.165, 1.54) is 0 Å². The number of rotatable bonds is 8. The minimum Gasteiger partial charge on any atom is -0.493 e. The number of hydrogen-bond acceptors (Lipinski definition) is 5. The van der Waals surface area contributed by atoms with Crippen molar-refractivity contribution in [1.29, 1.82) is 0 Å². The van der Waals surface area contributed by atoms with Gasteiger partial charge in [-0.15, -0.1) is 0 Å². The van der Waals surface area contributed by atoms with Gasteiger partial charge in [-0.1, -0.05) is 15.9 Å². The molecule has 7 heteroatoms. The molecule has 0 radical (unpaired) electrons. The van der Waals surface area contributed by atoms with Crippen molar-refractivity contribution in [3.05, 3.63) is 22.2 Å². The zero-order chi connectivity index (χ0) is 19.2. The molecule has 2 N–H and O–H groups in total. The number of halogens is 1. The maximum absolute atomic E-state index is 11.9. The van der Waals surface area contributed by atoms with Gasteiger partial charge in [0.15, 0.2) is 18.1 Å². The molecule has 0 bridgehead atoms. The molecule has 1 amide bonds. The quantitative estimate of drug-likeness (QED) is 0.665. The maximum Gasteiger partial charge on any atom is 0.258 e. The molecule has 0 aliphatic carbocycles.